The zero-order valence-electron chi connectivity index (χ0n) is 23.6. The van der Waals surface area contributed by atoms with Crippen molar-refractivity contribution in [1.82, 2.24) is 14.9 Å². The summed E-state index contributed by atoms with van der Waals surface area (Å²) in [5.41, 5.74) is 5.97. The Kier molecular flexibility index (Phi) is 8.02. The third-order valence-corrected chi connectivity index (χ3v) is 9.17. The van der Waals surface area contributed by atoms with Crippen LogP contribution in [0.1, 0.15) is 32.3 Å². The normalized spacial score (nSPS) is 15.0. The molecule has 1 saturated heterocycles. The first-order chi connectivity index (χ1) is 19.1. The van der Waals surface area contributed by atoms with Gasteiger partial charge in [-0.15, -0.1) is 0 Å². The van der Waals surface area contributed by atoms with Crippen molar-refractivity contribution in [3.8, 4) is 11.3 Å². The minimum atomic E-state index is -2.62. The van der Waals surface area contributed by atoms with Gasteiger partial charge in [0.05, 0.1) is 12.1 Å². The van der Waals surface area contributed by atoms with Crippen molar-refractivity contribution in [3.63, 3.8) is 0 Å². The number of carbonyl (C=O) groups is 1. The van der Waals surface area contributed by atoms with Gasteiger partial charge in [0.2, 0.25) is 0 Å². The maximum absolute atomic E-state index is 13.0. The number of H-pyrrole nitrogens is 1. The highest BCUT2D eigenvalue weighted by Crippen LogP contribution is 2.39. The maximum Gasteiger partial charge on any atom is 0.307 e. The molecule has 2 aromatic carbocycles. The van der Waals surface area contributed by atoms with Gasteiger partial charge in [-0.3, -0.25) is 4.79 Å². The molecule has 0 saturated carbocycles. The minimum Gasteiger partial charge on any atom is -0.481 e. The molecule has 40 heavy (non-hydrogen) atoms. The van der Waals surface area contributed by atoms with E-state index in [-0.39, 0.29) is 6.42 Å². The molecular formula is C31H38N5O3P. The number of piperidine rings is 1. The van der Waals surface area contributed by atoms with E-state index in [4.69, 9.17) is 0 Å². The number of fused-ring (bicyclic) bond motifs is 1. The molecule has 0 radical (unpaired) electrons. The van der Waals surface area contributed by atoms with Crippen LogP contribution in [-0.2, 0) is 15.8 Å². The number of hydrogen-bond acceptors (Lipinski definition) is 6. The van der Waals surface area contributed by atoms with E-state index in [1.165, 1.54) is 0 Å². The monoisotopic (exact) mass is 559 g/mol. The number of rotatable bonds is 9. The number of likely N-dealkylation sites (tertiary alicyclic amines) is 1. The van der Waals surface area contributed by atoms with Gasteiger partial charge in [0.25, 0.3) is 0 Å². The number of hydrogen-bond donors (Lipinski definition) is 4. The highest BCUT2D eigenvalue weighted by Gasteiger charge is 2.21. The zero-order chi connectivity index (χ0) is 28.4. The summed E-state index contributed by atoms with van der Waals surface area (Å²) in [4.78, 5) is 21.8. The molecule has 1 aliphatic rings. The standard InChI is InChI=1S/C31H38N5O3P/c1-20(2)36-15-12-24(13-16-36)33-23-8-6-22(7-9-23)27-19-25-26(11-14-32-31(25)35-27)34-28-17-21(18-30(37)38)5-10-29(28)40(3,4)39/h5-11,14,17,19-20,24,33H,12-13,15-16,18H2,1-4H3,(H,37,38)(H2,32,34,35). The van der Waals surface area contributed by atoms with Crippen LogP contribution < -0.4 is 15.9 Å². The Morgan fingerprint density at radius 1 is 1.07 bits per heavy atom. The van der Waals surface area contributed by atoms with Crippen LogP contribution >= 0.6 is 7.14 Å². The fourth-order valence-corrected chi connectivity index (χ4v) is 6.55. The lowest BCUT2D eigenvalue weighted by Gasteiger charge is -2.35. The molecule has 8 nitrogen and oxygen atoms in total. The lowest BCUT2D eigenvalue weighted by molar-refractivity contribution is -0.136. The quantitative estimate of drug-likeness (QED) is 0.183. The molecule has 1 aliphatic heterocycles. The minimum absolute atomic E-state index is 0.102. The van der Waals surface area contributed by atoms with Gasteiger partial charge >= 0.3 is 5.97 Å². The van der Waals surface area contributed by atoms with E-state index in [1.807, 2.05) is 6.07 Å². The first-order valence-electron chi connectivity index (χ1n) is 13.8. The Balaban J connectivity index is 1.37. The van der Waals surface area contributed by atoms with Crippen LogP contribution in [0.4, 0.5) is 17.1 Å². The van der Waals surface area contributed by atoms with E-state index in [0.29, 0.717) is 28.6 Å². The number of carboxylic acid groups (broad SMARTS) is 1. The molecule has 9 heteroatoms. The zero-order valence-corrected chi connectivity index (χ0v) is 24.5. The number of anilines is 3. The third-order valence-electron chi connectivity index (χ3n) is 7.62. The molecule has 2 aromatic heterocycles. The second-order valence-electron chi connectivity index (χ2n) is 11.3. The first-order valence-corrected chi connectivity index (χ1v) is 16.4. The summed E-state index contributed by atoms with van der Waals surface area (Å²) < 4.78 is 13.0. The van der Waals surface area contributed by atoms with Crippen molar-refractivity contribution in [2.75, 3.05) is 37.1 Å². The van der Waals surface area contributed by atoms with Crippen molar-refractivity contribution in [3.05, 3.63) is 66.4 Å². The molecule has 0 amide bonds. The summed E-state index contributed by atoms with van der Waals surface area (Å²) in [5.74, 6) is -0.908. The Labute approximate surface area is 235 Å². The molecule has 0 atom stereocenters. The molecule has 0 aliphatic carbocycles. The van der Waals surface area contributed by atoms with Gasteiger partial charge in [0, 0.05) is 59.1 Å². The van der Waals surface area contributed by atoms with Gasteiger partial charge in [0.1, 0.15) is 12.8 Å². The second-order valence-corrected chi connectivity index (χ2v) is 14.5. The molecule has 3 heterocycles. The van der Waals surface area contributed by atoms with E-state index in [9.17, 15) is 14.5 Å². The Hall–Kier alpha value is -3.61. The largest absolute Gasteiger partial charge is 0.481 e. The highest BCUT2D eigenvalue weighted by molar-refractivity contribution is 7.70. The predicted octanol–water partition coefficient (Wildman–Crippen LogP) is 6.13. The van der Waals surface area contributed by atoms with Crippen LogP contribution in [0.15, 0.2) is 60.8 Å². The molecule has 0 unspecified atom stereocenters. The Morgan fingerprint density at radius 2 is 1.80 bits per heavy atom. The van der Waals surface area contributed by atoms with E-state index < -0.39 is 13.1 Å². The van der Waals surface area contributed by atoms with Crippen molar-refractivity contribution >= 4 is 46.5 Å². The van der Waals surface area contributed by atoms with E-state index in [1.54, 1.807) is 37.7 Å². The summed E-state index contributed by atoms with van der Waals surface area (Å²) >= 11 is 0. The molecule has 0 bridgehead atoms. The smallest absolute Gasteiger partial charge is 0.307 e. The van der Waals surface area contributed by atoms with Crippen LogP contribution in [0.25, 0.3) is 22.3 Å². The van der Waals surface area contributed by atoms with Gasteiger partial charge in [-0.05, 0) is 87.5 Å². The second kappa shape index (κ2) is 11.5. The fraction of sp³-hybridized carbons (Fsp3) is 0.355. The number of aliphatic carboxylic acids is 1. The van der Waals surface area contributed by atoms with E-state index >= 15 is 0 Å². The fourth-order valence-electron chi connectivity index (χ4n) is 5.42. The number of aromatic nitrogens is 2. The van der Waals surface area contributed by atoms with Crippen molar-refractivity contribution in [2.24, 2.45) is 0 Å². The summed E-state index contributed by atoms with van der Waals surface area (Å²) in [6.07, 6.45) is 3.92. The molecule has 1 fully saturated rings. The number of carboxylic acids is 1. The molecule has 5 rings (SSSR count). The maximum atomic E-state index is 13.0. The Bertz CT molecular complexity index is 1550. The Morgan fingerprint density at radius 3 is 2.45 bits per heavy atom. The number of nitrogens with zero attached hydrogens (tertiary/aromatic N) is 2. The molecule has 0 spiro atoms. The summed E-state index contributed by atoms with van der Waals surface area (Å²) in [5, 5.41) is 18.0. The molecule has 4 aromatic rings. The van der Waals surface area contributed by atoms with Crippen LogP contribution in [0.2, 0.25) is 0 Å². The summed E-state index contributed by atoms with van der Waals surface area (Å²) in [6, 6.07) is 18.8. The predicted molar refractivity (Wildman–Crippen MR) is 165 cm³/mol. The number of aromatic amines is 1. The summed E-state index contributed by atoms with van der Waals surface area (Å²) in [7, 11) is -2.62. The molecular weight excluding hydrogens is 521 g/mol. The van der Waals surface area contributed by atoms with Crippen molar-refractivity contribution in [1.29, 1.82) is 0 Å². The van der Waals surface area contributed by atoms with E-state index in [0.717, 1.165) is 59.6 Å². The van der Waals surface area contributed by atoms with Gasteiger partial charge in [-0.2, -0.15) is 0 Å². The highest BCUT2D eigenvalue weighted by atomic mass is 31.2. The van der Waals surface area contributed by atoms with Gasteiger partial charge in [0.15, 0.2) is 0 Å². The van der Waals surface area contributed by atoms with Crippen LogP contribution in [0.5, 0.6) is 0 Å². The van der Waals surface area contributed by atoms with Crippen LogP contribution in [0, 0.1) is 0 Å². The average molecular weight is 560 g/mol. The van der Waals surface area contributed by atoms with Gasteiger partial charge in [-0.1, -0.05) is 18.2 Å². The van der Waals surface area contributed by atoms with Crippen molar-refractivity contribution in [2.45, 2.75) is 45.2 Å². The lowest BCUT2D eigenvalue weighted by atomic mass is 10.0. The number of nitrogens with one attached hydrogen (secondary N) is 3. The molecule has 210 valence electrons. The number of pyridine rings is 1. The topological polar surface area (TPSA) is 110 Å². The third kappa shape index (κ3) is 6.40. The first kappa shape index (κ1) is 27.9. The van der Waals surface area contributed by atoms with Crippen LogP contribution in [0.3, 0.4) is 0 Å². The molecule has 4 N–H and O–H groups in total. The number of benzene rings is 2. The van der Waals surface area contributed by atoms with Crippen molar-refractivity contribution < 1.29 is 14.5 Å². The van der Waals surface area contributed by atoms with Gasteiger partial charge in [-0.25, -0.2) is 4.98 Å². The van der Waals surface area contributed by atoms with Gasteiger partial charge < -0.3 is 30.2 Å². The summed E-state index contributed by atoms with van der Waals surface area (Å²) in [6.45, 7) is 10.2. The lowest BCUT2D eigenvalue weighted by Crippen LogP contribution is -2.42. The van der Waals surface area contributed by atoms with E-state index in [2.05, 4.69) is 69.7 Å². The average Bonchev–Trinajstić information content (AvgIpc) is 3.34. The van der Waals surface area contributed by atoms with Crippen LogP contribution in [-0.4, -0.2) is 64.4 Å². The SMILES string of the molecule is CC(C)N1CCC(Nc2ccc(-c3cc4c(Nc5cc(CC(=O)O)ccc5P(C)(C)=O)ccnc4[nH]3)cc2)CC1.